The number of aromatic carboxylic acids is 1. The van der Waals surface area contributed by atoms with Gasteiger partial charge in [0, 0.05) is 0 Å². The molecule has 0 atom stereocenters. The Kier molecular flexibility index (Phi) is 5.77. The molecule has 0 unspecified atom stereocenters. The summed E-state index contributed by atoms with van der Waals surface area (Å²) < 4.78 is 13.6. The van der Waals surface area contributed by atoms with Crippen molar-refractivity contribution in [2.24, 2.45) is 11.8 Å². The number of hydrogen-bond donors (Lipinski definition) is 1. The van der Waals surface area contributed by atoms with E-state index in [0.717, 1.165) is 30.2 Å². The standard InChI is InChI=1S/C18H25FO2/c1-2-3-13-4-6-14(7-5-13)8-9-15-10-11-16(18(20)21)17(19)12-15/h10-14H,2-9H2,1H3,(H,20,21)/t13-,14-. The summed E-state index contributed by atoms with van der Waals surface area (Å²) in [5.74, 6) is -0.154. The highest BCUT2D eigenvalue weighted by Crippen LogP contribution is 2.33. The van der Waals surface area contributed by atoms with Crippen molar-refractivity contribution in [3.63, 3.8) is 0 Å². The second-order valence-electron chi connectivity index (χ2n) is 6.33. The highest BCUT2D eigenvalue weighted by atomic mass is 19.1. The third kappa shape index (κ3) is 4.55. The van der Waals surface area contributed by atoms with Crippen molar-refractivity contribution in [2.45, 2.75) is 58.3 Å². The van der Waals surface area contributed by atoms with Gasteiger partial charge < -0.3 is 5.11 Å². The van der Waals surface area contributed by atoms with Crippen molar-refractivity contribution >= 4 is 5.97 Å². The lowest BCUT2D eigenvalue weighted by molar-refractivity contribution is 0.0692. The smallest absolute Gasteiger partial charge is 0.338 e. The van der Waals surface area contributed by atoms with Crippen LogP contribution in [0.15, 0.2) is 18.2 Å². The Hall–Kier alpha value is -1.38. The van der Waals surface area contributed by atoms with Gasteiger partial charge in [0.1, 0.15) is 5.82 Å². The molecule has 1 N–H and O–H groups in total. The van der Waals surface area contributed by atoms with Gasteiger partial charge in [-0.2, -0.15) is 0 Å². The van der Waals surface area contributed by atoms with Crippen molar-refractivity contribution in [2.75, 3.05) is 0 Å². The lowest BCUT2D eigenvalue weighted by atomic mass is 9.78. The minimum absolute atomic E-state index is 0.237. The van der Waals surface area contributed by atoms with Crippen molar-refractivity contribution in [3.05, 3.63) is 35.1 Å². The summed E-state index contributed by atoms with van der Waals surface area (Å²) in [7, 11) is 0. The number of halogens is 1. The van der Waals surface area contributed by atoms with Gasteiger partial charge in [0.2, 0.25) is 0 Å². The first kappa shape index (κ1) is 16.0. The van der Waals surface area contributed by atoms with Crippen molar-refractivity contribution < 1.29 is 14.3 Å². The number of benzene rings is 1. The SMILES string of the molecule is CCC[C@H]1CC[C@H](CCc2ccc(C(=O)O)c(F)c2)CC1. The van der Waals surface area contributed by atoms with E-state index in [0.29, 0.717) is 0 Å². The molecule has 0 bridgehead atoms. The zero-order valence-electron chi connectivity index (χ0n) is 12.8. The Morgan fingerprint density at radius 1 is 1.19 bits per heavy atom. The average molecular weight is 292 g/mol. The lowest BCUT2D eigenvalue weighted by Gasteiger charge is -2.28. The highest BCUT2D eigenvalue weighted by molar-refractivity contribution is 5.87. The fraction of sp³-hybridized carbons (Fsp3) is 0.611. The number of carboxylic acids is 1. The van der Waals surface area contributed by atoms with Gasteiger partial charge in [0.25, 0.3) is 0 Å². The third-order valence-corrected chi connectivity index (χ3v) is 4.77. The zero-order chi connectivity index (χ0) is 15.2. The summed E-state index contributed by atoms with van der Waals surface area (Å²) in [6.45, 7) is 2.25. The fourth-order valence-electron chi connectivity index (χ4n) is 3.48. The van der Waals surface area contributed by atoms with Crippen LogP contribution < -0.4 is 0 Å². The number of hydrogen-bond acceptors (Lipinski definition) is 1. The molecule has 1 fully saturated rings. The lowest BCUT2D eigenvalue weighted by Crippen LogP contribution is -2.15. The van der Waals surface area contributed by atoms with E-state index >= 15 is 0 Å². The molecule has 1 aliphatic rings. The molecular formula is C18H25FO2. The second-order valence-corrected chi connectivity index (χ2v) is 6.33. The predicted molar refractivity (Wildman–Crippen MR) is 82.0 cm³/mol. The Morgan fingerprint density at radius 2 is 1.81 bits per heavy atom. The van der Waals surface area contributed by atoms with Crippen LogP contribution in [0.4, 0.5) is 4.39 Å². The van der Waals surface area contributed by atoms with Crippen molar-refractivity contribution in [1.29, 1.82) is 0 Å². The molecule has 1 aromatic rings. The molecule has 1 aromatic carbocycles. The molecule has 21 heavy (non-hydrogen) atoms. The van der Waals surface area contributed by atoms with Crippen LogP contribution in [-0.2, 0) is 6.42 Å². The largest absolute Gasteiger partial charge is 0.478 e. The minimum Gasteiger partial charge on any atom is -0.478 e. The molecule has 2 nitrogen and oxygen atoms in total. The molecule has 0 aliphatic heterocycles. The van der Waals surface area contributed by atoms with E-state index in [-0.39, 0.29) is 5.56 Å². The quantitative estimate of drug-likeness (QED) is 0.795. The summed E-state index contributed by atoms with van der Waals surface area (Å²) in [6.07, 6.45) is 9.83. The van der Waals surface area contributed by atoms with Gasteiger partial charge in [-0.1, -0.05) is 51.5 Å². The first-order chi connectivity index (χ1) is 10.1. The van der Waals surface area contributed by atoms with Gasteiger partial charge >= 0.3 is 5.97 Å². The summed E-state index contributed by atoms with van der Waals surface area (Å²) in [4.78, 5) is 10.8. The zero-order valence-corrected chi connectivity index (χ0v) is 12.8. The molecule has 0 heterocycles. The van der Waals surface area contributed by atoms with Crippen molar-refractivity contribution in [3.8, 4) is 0 Å². The van der Waals surface area contributed by atoms with Gasteiger partial charge in [-0.15, -0.1) is 0 Å². The van der Waals surface area contributed by atoms with Gasteiger partial charge in [-0.25, -0.2) is 9.18 Å². The molecule has 116 valence electrons. The van der Waals surface area contributed by atoms with E-state index in [2.05, 4.69) is 6.92 Å². The first-order valence-electron chi connectivity index (χ1n) is 8.11. The average Bonchev–Trinajstić information content (AvgIpc) is 2.46. The van der Waals surface area contributed by atoms with Crippen LogP contribution in [0.2, 0.25) is 0 Å². The van der Waals surface area contributed by atoms with Gasteiger partial charge in [-0.3, -0.25) is 0 Å². The van der Waals surface area contributed by atoms with E-state index in [1.165, 1.54) is 50.7 Å². The van der Waals surface area contributed by atoms with Gasteiger partial charge in [0.15, 0.2) is 0 Å². The molecule has 0 aromatic heterocycles. The van der Waals surface area contributed by atoms with Crippen LogP contribution in [-0.4, -0.2) is 11.1 Å². The normalized spacial score (nSPS) is 22.2. The Balaban J connectivity index is 1.81. The molecular weight excluding hydrogens is 267 g/mol. The summed E-state index contributed by atoms with van der Waals surface area (Å²) in [6, 6.07) is 4.51. The summed E-state index contributed by atoms with van der Waals surface area (Å²) in [5.41, 5.74) is 0.673. The minimum atomic E-state index is -1.20. The number of aryl methyl sites for hydroxylation is 1. The molecule has 2 rings (SSSR count). The fourth-order valence-corrected chi connectivity index (χ4v) is 3.48. The van der Waals surface area contributed by atoms with Crippen LogP contribution in [0.5, 0.6) is 0 Å². The van der Waals surface area contributed by atoms with E-state index in [1.807, 2.05) is 0 Å². The highest BCUT2D eigenvalue weighted by Gasteiger charge is 2.20. The van der Waals surface area contributed by atoms with E-state index < -0.39 is 11.8 Å². The number of rotatable bonds is 6. The number of carbonyl (C=O) groups is 1. The van der Waals surface area contributed by atoms with Crippen LogP contribution in [0.1, 0.15) is 67.8 Å². The van der Waals surface area contributed by atoms with Crippen LogP contribution in [0.25, 0.3) is 0 Å². The maximum absolute atomic E-state index is 13.6. The van der Waals surface area contributed by atoms with E-state index in [9.17, 15) is 9.18 Å². The van der Waals surface area contributed by atoms with Crippen LogP contribution >= 0.6 is 0 Å². The van der Waals surface area contributed by atoms with Gasteiger partial charge in [0.05, 0.1) is 5.56 Å². The summed E-state index contributed by atoms with van der Waals surface area (Å²) in [5, 5.41) is 8.82. The monoisotopic (exact) mass is 292 g/mol. The maximum Gasteiger partial charge on any atom is 0.338 e. The van der Waals surface area contributed by atoms with Crippen LogP contribution in [0.3, 0.4) is 0 Å². The molecule has 0 saturated heterocycles. The van der Waals surface area contributed by atoms with Gasteiger partial charge in [-0.05, 0) is 42.4 Å². The van der Waals surface area contributed by atoms with E-state index in [4.69, 9.17) is 5.11 Å². The van der Waals surface area contributed by atoms with Crippen molar-refractivity contribution in [1.82, 2.24) is 0 Å². The molecule has 0 radical (unpaired) electrons. The maximum atomic E-state index is 13.6. The molecule has 1 aliphatic carbocycles. The first-order valence-corrected chi connectivity index (χ1v) is 8.11. The third-order valence-electron chi connectivity index (χ3n) is 4.77. The number of carboxylic acid groups (broad SMARTS) is 1. The molecule has 0 amide bonds. The molecule has 3 heteroatoms. The van der Waals surface area contributed by atoms with E-state index in [1.54, 1.807) is 6.07 Å². The Morgan fingerprint density at radius 3 is 2.33 bits per heavy atom. The van der Waals surface area contributed by atoms with Crippen LogP contribution in [0, 0.1) is 17.7 Å². The summed E-state index contributed by atoms with van der Waals surface area (Å²) >= 11 is 0. The molecule has 1 saturated carbocycles. The Bertz CT molecular complexity index is 476. The predicted octanol–water partition coefficient (Wildman–Crippen LogP) is 5.06. The second kappa shape index (κ2) is 7.58. The Labute approximate surface area is 126 Å². The molecule has 0 spiro atoms. The topological polar surface area (TPSA) is 37.3 Å².